The van der Waals surface area contributed by atoms with E-state index in [4.69, 9.17) is 18.9 Å². The van der Waals surface area contributed by atoms with Crippen LogP contribution < -0.4 is 9.47 Å². The molecule has 0 atom stereocenters. The van der Waals surface area contributed by atoms with Crippen LogP contribution in [0.3, 0.4) is 0 Å². The van der Waals surface area contributed by atoms with Gasteiger partial charge < -0.3 is 18.9 Å². The van der Waals surface area contributed by atoms with Crippen LogP contribution in [0.15, 0.2) is 46.9 Å². The minimum atomic E-state index is -0.545. The monoisotopic (exact) mass is 450 g/mol. The van der Waals surface area contributed by atoms with Crippen LogP contribution in [0.2, 0.25) is 0 Å². The zero-order valence-electron chi connectivity index (χ0n) is 16.1. The summed E-state index contributed by atoms with van der Waals surface area (Å²) in [5, 5.41) is 0. The summed E-state index contributed by atoms with van der Waals surface area (Å²) in [7, 11) is 1.59. The van der Waals surface area contributed by atoms with Crippen molar-refractivity contribution in [1.29, 1.82) is 0 Å². The zero-order chi connectivity index (χ0) is 20.5. The maximum atomic E-state index is 12.4. The Balaban J connectivity index is 2.03. The van der Waals surface area contributed by atoms with Crippen molar-refractivity contribution in [3.63, 3.8) is 0 Å². The molecule has 0 radical (unpaired) electrons. The Hall–Kier alpha value is -2.38. The van der Waals surface area contributed by atoms with Gasteiger partial charge in [0.1, 0.15) is 18.1 Å². The molecule has 28 heavy (non-hydrogen) atoms. The molecule has 0 spiro atoms. The van der Waals surface area contributed by atoms with Gasteiger partial charge in [-0.25, -0.2) is 9.59 Å². The van der Waals surface area contributed by atoms with E-state index in [-0.39, 0.29) is 11.7 Å². The highest BCUT2D eigenvalue weighted by Crippen LogP contribution is 2.27. The summed E-state index contributed by atoms with van der Waals surface area (Å²) in [6.45, 7) is 5.11. The fourth-order valence-corrected chi connectivity index (χ4v) is 2.65. The van der Waals surface area contributed by atoms with Crippen molar-refractivity contribution in [2.75, 3.05) is 26.9 Å². The molecular formula is C21H23BrO6. The van der Waals surface area contributed by atoms with Crippen molar-refractivity contribution in [3.05, 3.63) is 58.1 Å². The van der Waals surface area contributed by atoms with Crippen LogP contribution in [0, 0.1) is 5.92 Å². The molecule has 2 aromatic rings. The Kier molecular flexibility index (Phi) is 8.47. The molecule has 0 amide bonds. The first-order valence-corrected chi connectivity index (χ1v) is 9.60. The second-order valence-corrected chi connectivity index (χ2v) is 7.25. The SMILES string of the molecule is COCCOc1ccc(C(=O)Oc2cccc(C(=O)OCC(C)C)c2)cc1Br. The molecule has 2 aromatic carbocycles. The fraction of sp³-hybridized carbons (Fsp3) is 0.333. The van der Waals surface area contributed by atoms with Gasteiger partial charge in [0.25, 0.3) is 0 Å². The second kappa shape index (κ2) is 10.8. The molecule has 0 aliphatic rings. The van der Waals surface area contributed by atoms with Gasteiger partial charge in [-0.3, -0.25) is 0 Å². The van der Waals surface area contributed by atoms with Gasteiger partial charge in [-0.1, -0.05) is 19.9 Å². The van der Waals surface area contributed by atoms with Crippen LogP contribution in [-0.2, 0) is 9.47 Å². The molecule has 0 aromatic heterocycles. The molecule has 0 bridgehead atoms. The van der Waals surface area contributed by atoms with Gasteiger partial charge in [0, 0.05) is 7.11 Å². The average Bonchev–Trinajstić information content (AvgIpc) is 2.67. The second-order valence-electron chi connectivity index (χ2n) is 6.40. The number of rotatable bonds is 9. The fourth-order valence-electron chi connectivity index (χ4n) is 2.16. The van der Waals surface area contributed by atoms with Crippen LogP contribution in [0.4, 0.5) is 0 Å². The summed E-state index contributed by atoms with van der Waals surface area (Å²) in [4.78, 5) is 24.5. The smallest absolute Gasteiger partial charge is 0.343 e. The molecule has 0 aliphatic carbocycles. The van der Waals surface area contributed by atoms with Gasteiger partial charge in [-0.2, -0.15) is 0 Å². The predicted octanol–water partition coefficient (Wildman–Crippen LogP) is 4.51. The molecule has 0 fully saturated rings. The summed E-state index contributed by atoms with van der Waals surface area (Å²) in [5.74, 6) is 0.109. The van der Waals surface area contributed by atoms with Crippen molar-refractivity contribution in [2.45, 2.75) is 13.8 Å². The molecule has 0 saturated carbocycles. The number of benzene rings is 2. The highest BCUT2D eigenvalue weighted by Gasteiger charge is 2.14. The topological polar surface area (TPSA) is 71.1 Å². The standard InChI is InChI=1S/C21H23BrO6/c1-14(2)13-27-20(23)15-5-4-6-17(11-15)28-21(24)16-7-8-19(18(22)12-16)26-10-9-25-3/h4-8,11-12,14H,9-10,13H2,1-3H3. The third-order valence-electron chi connectivity index (χ3n) is 3.54. The van der Waals surface area contributed by atoms with Gasteiger partial charge in [-0.05, 0) is 58.2 Å². The van der Waals surface area contributed by atoms with Crippen LogP contribution in [0.25, 0.3) is 0 Å². The molecule has 7 heteroatoms. The Morgan fingerprint density at radius 1 is 1.00 bits per heavy atom. The molecule has 0 unspecified atom stereocenters. The molecule has 0 heterocycles. The van der Waals surface area contributed by atoms with Gasteiger partial charge >= 0.3 is 11.9 Å². The number of esters is 2. The number of methoxy groups -OCH3 is 1. The first kappa shape index (κ1) is 21.9. The molecular weight excluding hydrogens is 428 g/mol. The Morgan fingerprint density at radius 3 is 2.43 bits per heavy atom. The van der Waals surface area contributed by atoms with Gasteiger partial charge in [-0.15, -0.1) is 0 Å². The molecule has 150 valence electrons. The van der Waals surface area contributed by atoms with E-state index in [0.29, 0.717) is 41.2 Å². The highest BCUT2D eigenvalue weighted by molar-refractivity contribution is 9.10. The maximum absolute atomic E-state index is 12.4. The lowest BCUT2D eigenvalue weighted by molar-refractivity contribution is 0.0457. The number of carbonyl (C=O) groups excluding carboxylic acids is 2. The summed E-state index contributed by atoms with van der Waals surface area (Å²) in [5.41, 5.74) is 0.674. The molecule has 0 N–H and O–H groups in total. The third kappa shape index (κ3) is 6.65. The molecule has 6 nitrogen and oxygen atoms in total. The van der Waals surface area contributed by atoms with Crippen molar-refractivity contribution in [1.82, 2.24) is 0 Å². The van der Waals surface area contributed by atoms with Gasteiger partial charge in [0.15, 0.2) is 0 Å². The lowest BCUT2D eigenvalue weighted by Gasteiger charge is -2.10. The van der Waals surface area contributed by atoms with Crippen LogP contribution >= 0.6 is 15.9 Å². The average molecular weight is 451 g/mol. The number of halogens is 1. The Morgan fingerprint density at radius 2 is 1.75 bits per heavy atom. The highest BCUT2D eigenvalue weighted by atomic mass is 79.9. The van der Waals surface area contributed by atoms with E-state index in [1.807, 2.05) is 13.8 Å². The lowest BCUT2D eigenvalue weighted by atomic mass is 10.2. The normalized spacial score (nSPS) is 10.6. The Labute approximate surface area is 172 Å². The van der Waals surface area contributed by atoms with Crippen molar-refractivity contribution >= 4 is 27.9 Å². The molecule has 2 rings (SSSR count). The van der Waals surface area contributed by atoms with Crippen molar-refractivity contribution in [3.8, 4) is 11.5 Å². The number of hydrogen-bond acceptors (Lipinski definition) is 6. The van der Waals surface area contributed by atoms with E-state index in [1.165, 1.54) is 6.07 Å². The van der Waals surface area contributed by atoms with Crippen molar-refractivity contribution in [2.24, 2.45) is 5.92 Å². The van der Waals surface area contributed by atoms with E-state index in [0.717, 1.165) is 0 Å². The number of ether oxygens (including phenoxy) is 4. The Bertz CT molecular complexity index is 818. The molecule has 0 aliphatic heterocycles. The minimum absolute atomic E-state index is 0.241. The molecule has 0 saturated heterocycles. The van der Waals surface area contributed by atoms with E-state index in [2.05, 4.69) is 15.9 Å². The lowest BCUT2D eigenvalue weighted by Crippen LogP contribution is -2.12. The first-order chi connectivity index (χ1) is 13.4. The summed E-state index contributed by atoms with van der Waals surface area (Å²) >= 11 is 3.38. The van der Waals surface area contributed by atoms with E-state index >= 15 is 0 Å². The first-order valence-electron chi connectivity index (χ1n) is 8.81. The predicted molar refractivity (Wildman–Crippen MR) is 108 cm³/mol. The van der Waals surface area contributed by atoms with E-state index in [1.54, 1.807) is 43.5 Å². The van der Waals surface area contributed by atoms with Gasteiger partial charge in [0.2, 0.25) is 0 Å². The summed E-state index contributed by atoms with van der Waals surface area (Å²) in [6.07, 6.45) is 0. The van der Waals surface area contributed by atoms with Crippen LogP contribution in [0.1, 0.15) is 34.6 Å². The zero-order valence-corrected chi connectivity index (χ0v) is 17.7. The minimum Gasteiger partial charge on any atom is -0.490 e. The maximum Gasteiger partial charge on any atom is 0.343 e. The van der Waals surface area contributed by atoms with E-state index < -0.39 is 11.9 Å². The number of hydrogen-bond donors (Lipinski definition) is 0. The summed E-state index contributed by atoms with van der Waals surface area (Å²) in [6, 6.07) is 11.2. The van der Waals surface area contributed by atoms with Gasteiger partial charge in [0.05, 0.1) is 28.8 Å². The number of carbonyl (C=O) groups is 2. The summed E-state index contributed by atoms with van der Waals surface area (Å²) < 4.78 is 21.7. The third-order valence-corrected chi connectivity index (χ3v) is 4.16. The quantitative estimate of drug-likeness (QED) is 0.318. The van der Waals surface area contributed by atoms with Crippen LogP contribution in [0.5, 0.6) is 11.5 Å². The van der Waals surface area contributed by atoms with Crippen LogP contribution in [-0.4, -0.2) is 38.9 Å². The van der Waals surface area contributed by atoms with Crippen molar-refractivity contribution < 1.29 is 28.5 Å². The largest absolute Gasteiger partial charge is 0.490 e. The van der Waals surface area contributed by atoms with E-state index in [9.17, 15) is 9.59 Å².